The third kappa shape index (κ3) is 3.94. The van der Waals surface area contributed by atoms with Crippen LogP contribution in [-0.2, 0) is 6.42 Å². The van der Waals surface area contributed by atoms with Crippen LogP contribution in [0.1, 0.15) is 29.3 Å². The molecule has 0 atom stereocenters. The molecule has 0 spiro atoms. The Morgan fingerprint density at radius 3 is 2.70 bits per heavy atom. The van der Waals surface area contributed by atoms with Crippen molar-refractivity contribution >= 4 is 17.5 Å². The average Bonchev–Trinajstić information content (AvgIpc) is 2.47. The van der Waals surface area contributed by atoms with Crippen LogP contribution in [0.15, 0.2) is 53.4 Å². The molecule has 0 radical (unpaired) electrons. The molecule has 2 aromatic carbocycles. The van der Waals surface area contributed by atoms with Crippen molar-refractivity contribution < 1.29 is 9.18 Å². The van der Waals surface area contributed by atoms with E-state index in [4.69, 9.17) is 0 Å². The number of ketones is 1. The van der Waals surface area contributed by atoms with Crippen molar-refractivity contribution in [2.75, 3.05) is 5.75 Å². The molecule has 0 amide bonds. The maximum atomic E-state index is 13.5. The number of benzene rings is 2. The van der Waals surface area contributed by atoms with Gasteiger partial charge in [0, 0.05) is 10.5 Å². The molecule has 104 valence electrons. The van der Waals surface area contributed by atoms with Crippen LogP contribution < -0.4 is 0 Å². The zero-order valence-electron chi connectivity index (χ0n) is 11.4. The molecule has 0 aliphatic carbocycles. The zero-order chi connectivity index (χ0) is 14.4. The fraction of sp³-hybridized carbons (Fsp3) is 0.235. The first-order valence-corrected chi connectivity index (χ1v) is 7.68. The van der Waals surface area contributed by atoms with Crippen molar-refractivity contribution in [3.05, 3.63) is 65.5 Å². The number of Topliss-reactive ketones (excluding diaryl/α,β-unsaturated/α-hetero) is 1. The molecule has 2 aromatic rings. The fourth-order valence-electron chi connectivity index (χ4n) is 1.98. The smallest absolute Gasteiger partial charge is 0.173 e. The van der Waals surface area contributed by atoms with Crippen molar-refractivity contribution in [2.24, 2.45) is 0 Å². The second kappa shape index (κ2) is 7.25. The molecule has 0 bridgehead atoms. The highest BCUT2D eigenvalue weighted by Gasteiger charge is 2.09. The van der Waals surface area contributed by atoms with E-state index in [2.05, 4.69) is 6.92 Å². The predicted molar refractivity (Wildman–Crippen MR) is 81.9 cm³/mol. The monoisotopic (exact) mass is 288 g/mol. The minimum absolute atomic E-state index is 0.0382. The Morgan fingerprint density at radius 1 is 1.15 bits per heavy atom. The van der Waals surface area contributed by atoms with Gasteiger partial charge in [-0.3, -0.25) is 4.79 Å². The van der Waals surface area contributed by atoms with Crippen LogP contribution in [0.4, 0.5) is 4.39 Å². The SMILES string of the molecule is CCCc1cccc(C(=O)CSc2ccccc2F)c1. The van der Waals surface area contributed by atoms with Crippen molar-refractivity contribution in [1.29, 1.82) is 0 Å². The number of hydrogen-bond acceptors (Lipinski definition) is 2. The quantitative estimate of drug-likeness (QED) is 0.563. The summed E-state index contributed by atoms with van der Waals surface area (Å²) in [6.45, 7) is 2.11. The van der Waals surface area contributed by atoms with E-state index in [-0.39, 0.29) is 17.4 Å². The maximum Gasteiger partial charge on any atom is 0.173 e. The molecule has 0 N–H and O–H groups in total. The first kappa shape index (κ1) is 14.8. The predicted octanol–water partition coefficient (Wildman–Crippen LogP) is 4.75. The molecular formula is C17H17FOS. The molecule has 2 rings (SSSR count). The number of aryl methyl sites for hydroxylation is 1. The van der Waals surface area contributed by atoms with Gasteiger partial charge in [-0.05, 0) is 30.2 Å². The lowest BCUT2D eigenvalue weighted by Crippen LogP contribution is -2.03. The van der Waals surface area contributed by atoms with Crippen molar-refractivity contribution in [3.63, 3.8) is 0 Å². The number of carbonyl (C=O) groups is 1. The average molecular weight is 288 g/mol. The first-order valence-electron chi connectivity index (χ1n) is 6.70. The Kier molecular flexibility index (Phi) is 5.36. The van der Waals surface area contributed by atoms with Crippen molar-refractivity contribution in [2.45, 2.75) is 24.7 Å². The summed E-state index contributed by atoms with van der Waals surface area (Å²) < 4.78 is 13.5. The third-order valence-electron chi connectivity index (χ3n) is 2.98. The minimum atomic E-state index is -0.273. The van der Waals surface area contributed by atoms with E-state index in [0.29, 0.717) is 10.5 Å². The van der Waals surface area contributed by atoms with E-state index >= 15 is 0 Å². The van der Waals surface area contributed by atoms with Crippen LogP contribution in [0.25, 0.3) is 0 Å². The largest absolute Gasteiger partial charge is 0.293 e. The second-order valence-electron chi connectivity index (χ2n) is 4.59. The van der Waals surface area contributed by atoms with E-state index in [1.54, 1.807) is 18.2 Å². The maximum absolute atomic E-state index is 13.5. The number of carbonyl (C=O) groups excluding carboxylic acids is 1. The summed E-state index contributed by atoms with van der Waals surface area (Å²) in [6.07, 6.45) is 2.03. The molecule has 0 saturated carbocycles. The molecule has 0 aromatic heterocycles. The Hall–Kier alpha value is -1.61. The molecule has 0 saturated heterocycles. The molecule has 0 fully saturated rings. The highest BCUT2D eigenvalue weighted by atomic mass is 32.2. The van der Waals surface area contributed by atoms with Gasteiger partial charge < -0.3 is 0 Å². The van der Waals surface area contributed by atoms with E-state index in [1.807, 2.05) is 24.3 Å². The van der Waals surface area contributed by atoms with Crippen LogP contribution in [0.5, 0.6) is 0 Å². The summed E-state index contributed by atoms with van der Waals surface area (Å²) in [7, 11) is 0. The normalized spacial score (nSPS) is 10.5. The summed E-state index contributed by atoms with van der Waals surface area (Å²) in [4.78, 5) is 12.7. The first-order chi connectivity index (χ1) is 9.70. The van der Waals surface area contributed by atoms with Gasteiger partial charge in [-0.2, -0.15) is 0 Å². The standard InChI is InChI=1S/C17H17FOS/c1-2-6-13-7-5-8-14(11-13)16(19)12-20-17-10-4-3-9-15(17)18/h3-5,7-11H,2,6,12H2,1H3. The van der Waals surface area contributed by atoms with Crippen LogP contribution in [-0.4, -0.2) is 11.5 Å². The highest BCUT2D eigenvalue weighted by Crippen LogP contribution is 2.22. The Bertz CT molecular complexity index is 595. The molecule has 0 unspecified atom stereocenters. The van der Waals surface area contributed by atoms with Gasteiger partial charge in [0.05, 0.1) is 5.75 Å². The van der Waals surface area contributed by atoms with Gasteiger partial charge in [0.2, 0.25) is 0 Å². The molecular weight excluding hydrogens is 271 g/mol. The summed E-state index contributed by atoms with van der Waals surface area (Å²) in [5, 5.41) is 0. The molecule has 20 heavy (non-hydrogen) atoms. The van der Waals surface area contributed by atoms with E-state index in [0.717, 1.165) is 12.8 Å². The molecule has 0 aliphatic rings. The summed E-state index contributed by atoms with van der Waals surface area (Å²) >= 11 is 1.24. The van der Waals surface area contributed by atoms with Crippen LogP contribution in [0, 0.1) is 5.82 Å². The van der Waals surface area contributed by atoms with Crippen LogP contribution >= 0.6 is 11.8 Å². The molecule has 0 aliphatic heterocycles. The minimum Gasteiger partial charge on any atom is -0.293 e. The van der Waals surface area contributed by atoms with Crippen molar-refractivity contribution in [1.82, 2.24) is 0 Å². The lowest BCUT2D eigenvalue weighted by Gasteiger charge is -2.05. The number of halogens is 1. The van der Waals surface area contributed by atoms with Gasteiger partial charge in [0.25, 0.3) is 0 Å². The van der Waals surface area contributed by atoms with Gasteiger partial charge in [-0.25, -0.2) is 4.39 Å². The molecule has 0 heterocycles. The van der Waals surface area contributed by atoms with Gasteiger partial charge in [-0.15, -0.1) is 11.8 Å². The number of rotatable bonds is 6. The van der Waals surface area contributed by atoms with Gasteiger partial charge in [0.1, 0.15) is 5.82 Å². The second-order valence-corrected chi connectivity index (χ2v) is 5.61. The molecule has 1 nitrogen and oxygen atoms in total. The highest BCUT2D eigenvalue weighted by molar-refractivity contribution is 8.00. The Balaban J connectivity index is 2.01. The van der Waals surface area contributed by atoms with Crippen LogP contribution in [0.3, 0.4) is 0 Å². The van der Waals surface area contributed by atoms with Crippen molar-refractivity contribution in [3.8, 4) is 0 Å². The lowest BCUT2D eigenvalue weighted by molar-refractivity contribution is 0.102. The van der Waals surface area contributed by atoms with Gasteiger partial charge >= 0.3 is 0 Å². The fourth-order valence-corrected chi connectivity index (χ4v) is 2.81. The third-order valence-corrected chi connectivity index (χ3v) is 4.03. The Labute approximate surface area is 123 Å². The number of thioether (sulfide) groups is 1. The summed E-state index contributed by atoms with van der Waals surface area (Å²) in [5.41, 5.74) is 1.88. The summed E-state index contributed by atoms with van der Waals surface area (Å²) in [6, 6.07) is 14.2. The van der Waals surface area contributed by atoms with E-state index in [1.165, 1.54) is 23.4 Å². The molecule has 3 heteroatoms. The van der Waals surface area contributed by atoms with E-state index < -0.39 is 0 Å². The topological polar surface area (TPSA) is 17.1 Å². The van der Waals surface area contributed by atoms with Gasteiger partial charge in [-0.1, -0.05) is 43.7 Å². The van der Waals surface area contributed by atoms with Crippen LogP contribution in [0.2, 0.25) is 0 Å². The summed E-state index contributed by atoms with van der Waals surface area (Å²) in [5.74, 6) is 0.0255. The zero-order valence-corrected chi connectivity index (χ0v) is 12.3. The lowest BCUT2D eigenvalue weighted by atomic mass is 10.1. The van der Waals surface area contributed by atoms with E-state index in [9.17, 15) is 9.18 Å². The van der Waals surface area contributed by atoms with Gasteiger partial charge in [0.15, 0.2) is 5.78 Å². The number of hydrogen-bond donors (Lipinski definition) is 0. The Morgan fingerprint density at radius 2 is 1.95 bits per heavy atom.